The summed E-state index contributed by atoms with van der Waals surface area (Å²) in [6.07, 6.45) is 6.05. The first-order chi connectivity index (χ1) is 12.1. The van der Waals surface area contributed by atoms with Crippen molar-refractivity contribution in [2.24, 2.45) is 0 Å². The fourth-order valence-corrected chi connectivity index (χ4v) is 3.81. The molecule has 4 rings (SSSR count). The largest absolute Gasteiger partial charge is 0.393 e. The van der Waals surface area contributed by atoms with E-state index in [-0.39, 0.29) is 6.10 Å². The van der Waals surface area contributed by atoms with Crippen LogP contribution in [-0.2, 0) is 19.4 Å². The summed E-state index contributed by atoms with van der Waals surface area (Å²) in [5.74, 6) is 2.74. The van der Waals surface area contributed by atoms with E-state index in [9.17, 15) is 5.11 Å². The number of aliphatic hydroxyl groups is 1. The zero-order valence-corrected chi connectivity index (χ0v) is 14.9. The van der Waals surface area contributed by atoms with Crippen LogP contribution in [0.1, 0.15) is 65.9 Å². The number of aliphatic hydroxyl groups excluding tert-OH is 1. The number of hydrogen-bond donors (Lipinski definition) is 2. The van der Waals surface area contributed by atoms with Gasteiger partial charge in [0.05, 0.1) is 12.6 Å². The molecule has 0 bridgehead atoms. The summed E-state index contributed by atoms with van der Waals surface area (Å²) in [5.41, 5.74) is 4.70. The molecule has 2 aromatic rings. The van der Waals surface area contributed by atoms with Gasteiger partial charge >= 0.3 is 0 Å². The van der Waals surface area contributed by atoms with Crippen molar-refractivity contribution in [1.29, 1.82) is 0 Å². The molecule has 1 saturated carbocycles. The molecule has 2 N–H and O–H groups in total. The van der Waals surface area contributed by atoms with E-state index in [2.05, 4.69) is 27.2 Å². The Bertz CT molecular complexity index is 786. The molecule has 0 spiro atoms. The first kappa shape index (κ1) is 16.4. The minimum Gasteiger partial charge on any atom is -0.393 e. The van der Waals surface area contributed by atoms with Crippen molar-refractivity contribution in [2.45, 2.75) is 70.9 Å². The summed E-state index contributed by atoms with van der Waals surface area (Å²) in [6.45, 7) is 4.56. The highest BCUT2D eigenvalue weighted by molar-refractivity contribution is 5.38. The molecule has 2 aliphatic rings. The number of hydrogen-bond acceptors (Lipinski definition) is 6. The Morgan fingerprint density at radius 2 is 1.88 bits per heavy atom. The molecule has 6 nitrogen and oxygen atoms in total. The van der Waals surface area contributed by atoms with Gasteiger partial charge < -0.3 is 10.4 Å². The van der Waals surface area contributed by atoms with Crippen LogP contribution in [0.25, 0.3) is 0 Å². The first-order valence-electron chi connectivity index (χ1n) is 9.21. The zero-order valence-electron chi connectivity index (χ0n) is 14.9. The lowest BCUT2D eigenvalue weighted by Gasteiger charge is -2.31. The third kappa shape index (κ3) is 3.49. The van der Waals surface area contributed by atoms with E-state index in [1.807, 2.05) is 13.0 Å². The Kier molecular flexibility index (Phi) is 4.37. The maximum Gasteiger partial charge on any atom is 0.147 e. The van der Waals surface area contributed by atoms with Crippen LogP contribution < -0.4 is 5.32 Å². The maximum atomic E-state index is 9.52. The van der Waals surface area contributed by atoms with Gasteiger partial charge in [0.25, 0.3) is 0 Å². The van der Waals surface area contributed by atoms with Crippen molar-refractivity contribution in [1.82, 2.24) is 19.9 Å². The lowest BCUT2D eigenvalue weighted by Crippen LogP contribution is -2.27. The predicted molar refractivity (Wildman–Crippen MR) is 95.5 cm³/mol. The fourth-order valence-electron chi connectivity index (χ4n) is 3.81. The Morgan fingerprint density at radius 1 is 1.08 bits per heavy atom. The molecule has 0 aliphatic heterocycles. The molecule has 6 heteroatoms. The molecule has 1 fully saturated rings. The summed E-state index contributed by atoms with van der Waals surface area (Å²) >= 11 is 0. The SMILES string of the molecule is Cc1nc(NCc2nc(C)c3c(n2)CCCC3)cc(C2CC(O)C2)n1. The van der Waals surface area contributed by atoms with Gasteiger partial charge in [-0.2, -0.15) is 0 Å². The molecule has 0 aromatic carbocycles. The number of nitrogens with zero attached hydrogens (tertiary/aromatic N) is 4. The summed E-state index contributed by atoms with van der Waals surface area (Å²) < 4.78 is 0. The van der Waals surface area contributed by atoms with Crippen LogP contribution >= 0.6 is 0 Å². The molecule has 0 unspecified atom stereocenters. The van der Waals surface area contributed by atoms with Crippen LogP contribution in [0.5, 0.6) is 0 Å². The summed E-state index contributed by atoms with van der Waals surface area (Å²) in [4.78, 5) is 18.4. The number of anilines is 1. The van der Waals surface area contributed by atoms with Gasteiger partial charge in [0.1, 0.15) is 17.5 Å². The third-order valence-electron chi connectivity index (χ3n) is 5.25. The highest BCUT2D eigenvalue weighted by Gasteiger charge is 2.30. The lowest BCUT2D eigenvalue weighted by atomic mass is 9.80. The smallest absolute Gasteiger partial charge is 0.147 e. The highest BCUT2D eigenvalue weighted by Crippen LogP contribution is 2.36. The van der Waals surface area contributed by atoms with E-state index in [0.29, 0.717) is 12.5 Å². The molecule has 0 radical (unpaired) electrons. The van der Waals surface area contributed by atoms with Crippen LogP contribution in [0.4, 0.5) is 5.82 Å². The lowest BCUT2D eigenvalue weighted by molar-refractivity contribution is 0.0731. The van der Waals surface area contributed by atoms with E-state index in [4.69, 9.17) is 4.98 Å². The number of aryl methyl sites for hydroxylation is 3. The number of aromatic nitrogens is 4. The Balaban J connectivity index is 1.49. The van der Waals surface area contributed by atoms with Crippen molar-refractivity contribution in [2.75, 3.05) is 5.32 Å². The van der Waals surface area contributed by atoms with Gasteiger partial charge in [0.15, 0.2) is 0 Å². The zero-order chi connectivity index (χ0) is 17.4. The molecular formula is C19H25N5O. The van der Waals surface area contributed by atoms with Crippen LogP contribution in [0.15, 0.2) is 6.07 Å². The number of rotatable bonds is 4. The van der Waals surface area contributed by atoms with Gasteiger partial charge in [0, 0.05) is 29.1 Å². The Morgan fingerprint density at radius 3 is 2.68 bits per heavy atom. The second-order valence-corrected chi connectivity index (χ2v) is 7.26. The monoisotopic (exact) mass is 339 g/mol. The van der Waals surface area contributed by atoms with Crippen LogP contribution in [0.2, 0.25) is 0 Å². The maximum absolute atomic E-state index is 9.52. The summed E-state index contributed by atoms with van der Waals surface area (Å²) in [6, 6.07) is 1.99. The molecular weight excluding hydrogens is 314 g/mol. The van der Waals surface area contributed by atoms with Gasteiger partial charge in [-0.1, -0.05) is 0 Å². The van der Waals surface area contributed by atoms with Crippen molar-refractivity contribution in [3.63, 3.8) is 0 Å². The second-order valence-electron chi connectivity index (χ2n) is 7.26. The quantitative estimate of drug-likeness (QED) is 0.891. The average Bonchev–Trinajstić information content (AvgIpc) is 2.57. The molecule has 0 atom stereocenters. The molecule has 0 saturated heterocycles. The molecule has 25 heavy (non-hydrogen) atoms. The van der Waals surface area contributed by atoms with E-state index in [0.717, 1.165) is 54.5 Å². The molecule has 0 amide bonds. The molecule has 2 heterocycles. The number of nitrogens with one attached hydrogen (secondary N) is 1. The van der Waals surface area contributed by atoms with Gasteiger partial charge in [-0.15, -0.1) is 0 Å². The minimum absolute atomic E-state index is 0.177. The number of fused-ring (bicyclic) bond motifs is 1. The third-order valence-corrected chi connectivity index (χ3v) is 5.25. The molecule has 2 aromatic heterocycles. The van der Waals surface area contributed by atoms with Gasteiger partial charge in [-0.3, -0.25) is 0 Å². The van der Waals surface area contributed by atoms with Gasteiger partial charge in [0.2, 0.25) is 0 Å². The van der Waals surface area contributed by atoms with Crippen LogP contribution in [-0.4, -0.2) is 31.1 Å². The van der Waals surface area contributed by atoms with E-state index < -0.39 is 0 Å². The topological polar surface area (TPSA) is 83.8 Å². The van der Waals surface area contributed by atoms with E-state index in [1.54, 1.807) is 0 Å². The summed E-state index contributed by atoms with van der Waals surface area (Å²) in [5, 5.41) is 12.9. The Labute approximate surface area is 148 Å². The van der Waals surface area contributed by atoms with Crippen molar-refractivity contribution in [3.05, 3.63) is 40.4 Å². The second kappa shape index (κ2) is 6.67. The average molecular weight is 339 g/mol. The van der Waals surface area contributed by atoms with E-state index in [1.165, 1.54) is 24.1 Å². The van der Waals surface area contributed by atoms with Crippen LogP contribution in [0.3, 0.4) is 0 Å². The van der Waals surface area contributed by atoms with Crippen LogP contribution in [0, 0.1) is 13.8 Å². The molecule has 2 aliphatic carbocycles. The standard InChI is InChI=1S/C19H25N5O/c1-11-15-5-3-4-6-16(15)24-19(21-11)10-20-18-9-17(22-12(2)23-18)13-7-14(25)8-13/h9,13-14,25H,3-8,10H2,1-2H3,(H,20,22,23). The van der Waals surface area contributed by atoms with Crippen molar-refractivity contribution in [3.8, 4) is 0 Å². The molecule has 132 valence electrons. The van der Waals surface area contributed by atoms with E-state index >= 15 is 0 Å². The normalized spacial score (nSPS) is 22.2. The summed E-state index contributed by atoms with van der Waals surface area (Å²) in [7, 11) is 0. The van der Waals surface area contributed by atoms with Crippen molar-refractivity contribution < 1.29 is 5.11 Å². The fraction of sp³-hybridized carbons (Fsp3) is 0.579. The van der Waals surface area contributed by atoms with Gasteiger partial charge in [-0.05, 0) is 57.9 Å². The first-order valence-corrected chi connectivity index (χ1v) is 9.21. The van der Waals surface area contributed by atoms with Gasteiger partial charge in [-0.25, -0.2) is 19.9 Å². The highest BCUT2D eigenvalue weighted by atomic mass is 16.3. The minimum atomic E-state index is -0.177. The Hall–Kier alpha value is -2.08. The van der Waals surface area contributed by atoms with Crippen molar-refractivity contribution >= 4 is 5.82 Å². The predicted octanol–water partition coefficient (Wildman–Crippen LogP) is 2.61.